The van der Waals surface area contributed by atoms with E-state index >= 15 is 0 Å². The number of nitrogens with one attached hydrogen (secondary N) is 1. The molecule has 0 aliphatic heterocycles. The summed E-state index contributed by atoms with van der Waals surface area (Å²) in [6.07, 6.45) is 6.99. The standard InChI is InChI=1S/C17H26ClNS/c1-3-13-5-4-6-14(11-13)17(19-2)12-20-16-9-7-15(18)8-10-16/h7-10,13-14,17,19H,3-6,11-12H2,1-2H3. The van der Waals surface area contributed by atoms with Gasteiger partial charge in [0, 0.05) is 21.7 Å². The van der Waals surface area contributed by atoms with Crippen LogP contribution in [0, 0.1) is 11.8 Å². The molecule has 1 aromatic rings. The van der Waals surface area contributed by atoms with Crippen LogP contribution in [0.15, 0.2) is 29.2 Å². The molecule has 3 unspecified atom stereocenters. The minimum absolute atomic E-state index is 0.630. The van der Waals surface area contributed by atoms with Crippen molar-refractivity contribution < 1.29 is 0 Å². The van der Waals surface area contributed by atoms with Gasteiger partial charge in [-0.3, -0.25) is 0 Å². The monoisotopic (exact) mass is 311 g/mol. The van der Waals surface area contributed by atoms with E-state index in [1.807, 2.05) is 23.9 Å². The van der Waals surface area contributed by atoms with Crippen molar-refractivity contribution in [1.29, 1.82) is 0 Å². The molecule has 3 atom stereocenters. The topological polar surface area (TPSA) is 12.0 Å². The fourth-order valence-electron chi connectivity index (χ4n) is 3.24. The lowest BCUT2D eigenvalue weighted by Gasteiger charge is -2.34. The summed E-state index contributed by atoms with van der Waals surface area (Å²) in [4.78, 5) is 1.32. The molecule has 1 N–H and O–H groups in total. The second-order valence-corrected chi connectivity index (χ2v) is 7.39. The molecule has 1 aliphatic carbocycles. The highest BCUT2D eigenvalue weighted by molar-refractivity contribution is 7.99. The molecule has 0 saturated heterocycles. The average molecular weight is 312 g/mol. The Morgan fingerprint density at radius 2 is 2.05 bits per heavy atom. The van der Waals surface area contributed by atoms with Gasteiger partial charge in [-0.1, -0.05) is 37.8 Å². The molecule has 1 aliphatic rings. The second kappa shape index (κ2) is 8.31. The third-order valence-electron chi connectivity index (χ3n) is 4.58. The quantitative estimate of drug-likeness (QED) is 0.721. The number of rotatable bonds is 6. The Labute approximate surface area is 132 Å². The van der Waals surface area contributed by atoms with Crippen LogP contribution in [0.1, 0.15) is 39.0 Å². The van der Waals surface area contributed by atoms with Gasteiger partial charge >= 0.3 is 0 Å². The van der Waals surface area contributed by atoms with Crippen molar-refractivity contribution in [3.05, 3.63) is 29.3 Å². The van der Waals surface area contributed by atoms with Crippen LogP contribution in [0.5, 0.6) is 0 Å². The first-order chi connectivity index (χ1) is 9.72. The molecule has 2 rings (SSSR count). The van der Waals surface area contributed by atoms with E-state index in [4.69, 9.17) is 11.6 Å². The van der Waals surface area contributed by atoms with E-state index in [1.54, 1.807) is 0 Å². The first kappa shape index (κ1) is 16.2. The summed E-state index contributed by atoms with van der Waals surface area (Å²) in [6.45, 7) is 2.34. The van der Waals surface area contributed by atoms with E-state index in [1.165, 1.54) is 37.0 Å². The van der Waals surface area contributed by atoms with Crippen LogP contribution in [0.2, 0.25) is 5.02 Å². The molecule has 1 fully saturated rings. The molecule has 0 heterocycles. The maximum Gasteiger partial charge on any atom is 0.0406 e. The number of thioether (sulfide) groups is 1. The highest BCUT2D eigenvalue weighted by Crippen LogP contribution is 2.34. The molecule has 1 aromatic carbocycles. The molecule has 1 saturated carbocycles. The normalized spacial score (nSPS) is 24.6. The molecule has 20 heavy (non-hydrogen) atoms. The lowest BCUT2D eigenvalue weighted by atomic mass is 9.77. The Hall–Kier alpha value is -0.180. The van der Waals surface area contributed by atoms with E-state index < -0.39 is 0 Å². The van der Waals surface area contributed by atoms with Crippen LogP contribution in [0.3, 0.4) is 0 Å². The average Bonchev–Trinajstić information content (AvgIpc) is 2.50. The maximum absolute atomic E-state index is 5.93. The van der Waals surface area contributed by atoms with Gasteiger partial charge in [0.1, 0.15) is 0 Å². The van der Waals surface area contributed by atoms with Crippen molar-refractivity contribution >= 4 is 23.4 Å². The third-order valence-corrected chi connectivity index (χ3v) is 5.97. The predicted octanol–water partition coefficient (Wildman–Crippen LogP) is 5.24. The summed E-state index contributed by atoms with van der Waals surface area (Å²) in [5.41, 5.74) is 0. The smallest absolute Gasteiger partial charge is 0.0406 e. The van der Waals surface area contributed by atoms with Gasteiger partial charge in [0.05, 0.1) is 0 Å². The Morgan fingerprint density at radius 3 is 2.70 bits per heavy atom. The van der Waals surface area contributed by atoms with Gasteiger partial charge in [0.25, 0.3) is 0 Å². The Bertz CT molecular complexity index is 392. The summed E-state index contributed by atoms with van der Waals surface area (Å²) in [5.74, 6) is 2.95. The highest BCUT2D eigenvalue weighted by Gasteiger charge is 2.26. The predicted molar refractivity (Wildman–Crippen MR) is 90.8 cm³/mol. The molecular formula is C17H26ClNS. The molecule has 1 nitrogen and oxygen atoms in total. The van der Waals surface area contributed by atoms with Gasteiger partial charge in [0.15, 0.2) is 0 Å². The lowest BCUT2D eigenvalue weighted by Crippen LogP contribution is -2.38. The molecule has 0 amide bonds. The summed E-state index contributed by atoms with van der Waals surface area (Å²) in [7, 11) is 2.11. The number of hydrogen-bond acceptors (Lipinski definition) is 2. The van der Waals surface area contributed by atoms with Crippen LogP contribution in [-0.2, 0) is 0 Å². The van der Waals surface area contributed by atoms with E-state index in [-0.39, 0.29) is 0 Å². The van der Waals surface area contributed by atoms with Crippen molar-refractivity contribution in [3.63, 3.8) is 0 Å². The molecule has 0 spiro atoms. The summed E-state index contributed by atoms with van der Waals surface area (Å²) in [6, 6.07) is 8.83. The van der Waals surface area contributed by atoms with Crippen LogP contribution in [-0.4, -0.2) is 18.8 Å². The Morgan fingerprint density at radius 1 is 1.30 bits per heavy atom. The van der Waals surface area contributed by atoms with Crippen LogP contribution < -0.4 is 5.32 Å². The summed E-state index contributed by atoms with van der Waals surface area (Å²) >= 11 is 7.88. The van der Waals surface area contributed by atoms with Gasteiger partial charge in [-0.15, -0.1) is 11.8 Å². The molecular weight excluding hydrogens is 286 g/mol. The lowest BCUT2D eigenvalue weighted by molar-refractivity contribution is 0.223. The molecule has 3 heteroatoms. The van der Waals surface area contributed by atoms with E-state index in [0.29, 0.717) is 6.04 Å². The zero-order chi connectivity index (χ0) is 14.4. The Kier molecular flexibility index (Phi) is 6.73. The van der Waals surface area contributed by atoms with Crippen molar-refractivity contribution in [3.8, 4) is 0 Å². The maximum atomic E-state index is 5.93. The first-order valence-electron chi connectivity index (χ1n) is 7.78. The van der Waals surface area contributed by atoms with E-state index in [0.717, 1.165) is 22.6 Å². The Balaban J connectivity index is 1.86. The summed E-state index contributed by atoms with van der Waals surface area (Å²) < 4.78 is 0. The van der Waals surface area contributed by atoms with Crippen molar-refractivity contribution in [2.45, 2.75) is 50.0 Å². The zero-order valence-electron chi connectivity index (χ0n) is 12.6. The van der Waals surface area contributed by atoms with Gasteiger partial charge in [-0.25, -0.2) is 0 Å². The van der Waals surface area contributed by atoms with Gasteiger partial charge in [-0.05, 0) is 56.0 Å². The van der Waals surface area contributed by atoms with E-state index in [9.17, 15) is 0 Å². The van der Waals surface area contributed by atoms with Gasteiger partial charge in [0.2, 0.25) is 0 Å². The number of hydrogen-bond donors (Lipinski definition) is 1. The molecule has 0 radical (unpaired) electrons. The SMILES string of the molecule is CCC1CCCC(C(CSc2ccc(Cl)cc2)NC)C1. The number of halogens is 1. The van der Waals surface area contributed by atoms with E-state index in [2.05, 4.69) is 31.4 Å². The molecule has 0 aromatic heterocycles. The minimum Gasteiger partial charge on any atom is -0.316 e. The number of benzene rings is 1. The van der Waals surface area contributed by atoms with Crippen LogP contribution in [0.4, 0.5) is 0 Å². The van der Waals surface area contributed by atoms with Crippen molar-refractivity contribution in [2.75, 3.05) is 12.8 Å². The van der Waals surface area contributed by atoms with Gasteiger partial charge in [-0.2, -0.15) is 0 Å². The largest absolute Gasteiger partial charge is 0.316 e. The fraction of sp³-hybridized carbons (Fsp3) is 0.647. The first-order valence-corrected chi connectivity index (χ1v) is 9.15. The van der Waals surface area contributed by atoms with Gasteiger partial charge < -0.3 is 5.32 Å². The fourth-order valence-corrected chi connectivity index (χ4v) is 4.51. The zero-order valence-corrected chi connectivity index (χ0v) is 14.1. The van der Waals surface area contributed by atoms with Crippen LogP contribution in [0.25, 0.3) is 0 Å². The van der Waals surface area contributed by atoms with Crippen molar-refractivity contribution in [2.24, 2.45) is 11.8 Å². The molecule has 112 valence electrons. The minimum atomic E-state index is 0.630. The van der Waals surface area contributed by atoms with Crippen molar-refractivity contribution in [1.82, 2.24) is 5.32 Å². The second-order valence-electron chi connectivity index (χ2n) is 5.86. The van der Waals surface area contributed by atoms with Crippen LogP contribution >= 0.6 is 23.4 Å². The summed E-state index contributed by atoms with van der Waals surface area (Å²) in [5, 5.41) is 4.37. The third kappa shape index (κ3) is 4.68. The molecule has 0 bridgehead atoms. The highest BCUT2D eigenvalue weighted by atomic mass is 35.5.